The van der Waals surface area contributed by atoms with Gasteiger partial charge in [0.1, 0.15) is 21.5 Å². The van der Waals surface area contributed by atoms with Crippen molar-refractivity contribution >= 4 is 38.7 Å². The Morgan fingerprint density at radius 3 is 2.90 bits per heavy atom. The van der Waals surface area contributed by atoms with Gasteiger partial charge in [-0.25, -0.2) is 15.0 Å². The van der Waals surface area contributed by atoms with Crippen LogP contribution in [0.4, 0.5) is 5.82 Å². The normalized spacial score (nSPS) is 20.8. The van der Waals surface area contributed by atoms with Crippen molar-refractivity contribution < 1.29 is 4.74 Å². The molecule has 3 aliphatic rings. The van der Waals surface area contributed by atoms with Crippen LogP contribution in [0, 0.1) is 5.92 Å². The Labute approximate surface area is 178 Å². The molecule has 0 bridgehead atoms. The third-order valence-electron chi connectivity index (χ3n) is 6.18. The molecule has 3 aromatic rings. The van der Waals surface area contributed by atoms with Crippen molar-refractivity contribution in [1.82, 2.24) is 19.9 Å². The lowest BCUT2D eigenvalue weighted by Gasteiger charge is -2.26. The van der Waals surface area contributed by atoms with E-state index in [1.807, 2.05) is 17.5 Å². The standard InChI is InChI=1S/C21H25N5OS2/c1-2-14-15(3-1)29-20-17(14)19(23-16(24-20)12-26-7-9-27-10-8-26)25-18(13-4-5-13)21-22-6-11-28-21/h6,11,13,18H,1-5,7-10,12H2,(H,23,24,25). The van der Waals surface area contributed by atoms with E-state index in [9.17, 15) is 0 Å². The van der Waals surface area contributed by atoms with Crippen LogP contribution in [0.3, 0.4) is 0 Å². The zero-order valence-electron chi connectivity index (χ0n) is 16.4. The van der Waals surface area contributed by atoms with E-state index < -0.39 is 0 Å². The van der Waals surface area contributed by atoms with E-state index in [0.29, 0.717) is 5.92 Å². The zero-order chi connectivity index (χ0) is 19.2. The molecule has 1 N–H and O–H groups in total. The Balaban J connectivity index is 1.39. The molecule has 0 aromatic carbocycles. The van der Waals surface area contributed by atoms with Crippen molar-refractivity contribution in [3.8, 4) is 0 Å². The first-order chi connectivity index (χ1) is 14.3. The highest BCUT2D eigenvalue weighted by atomic mass is 32.1. The van der Waals surface area contributed by atoms with Crippen LogP contribution in [0.2, 0.25) is 0 Å². The molecule has 0 radical (unpaired) electrons. The quantitative estimate of drug-likeness (QED) is 0.641. The zero-order valence-corrected chi connectivity index (χ0v) is 18.0. The van der Waals surface area contributed by atoms with Crippen molar-refractivity contribution in [3.05, 3.63) is 32.8 Å². The fraction of sp³-hybridized carbons (Fsp3) is 0.571. The maximum atomic E-state index is 5.50. The first kappa shape index (κ1) is 18.2. The van der Waals surface area contributed by atoms with Gasteiger partial charge in [0.2, 0.25) is 0 Å². The second-order valence-electron chi connectivity index (χ2n) is 8.24. The molecule has 0 amide bonds. The summed E-state index contributed by atoms with van der Waals surface area (Å²) in [5, 5.41) is 8.37. The minimum absolute atomic E-state index is 0.265. The molecule has 1 atom stereocenters. The molecule has 6 rings (SSSR count). The van der Waals surface area contributed by atoms with Gasteiger partial charge in [0.15, 0.2) is 0 Å². The number of thiophene rings is 1. The van der Waals surface area contributed by atoms with Gasteiger partial charge in [0.05, 0.1) is 31.2 Å². The average Bonchev–Trinajstić information content (AvgIpc) is 3.11. The third kappa shape index (κ3) is 3.56. The van der Waals surface area contributed by atoms with E-state index in [1.54, 1.807) is 11.3 Å². The van der Waals surface area contributed by atoms with Gasteiger partial charge < -0.3 is 10.1 Å². The Bertz CT molecular complexity index is 1010. The maximum Gasteiger partial charge on any atom is 0.146 e. The number of ether oxygens (including phenoxy) is 1. The lowest BCUT2D eigenvalue weighted by atomic mass is 10.1. The number of nitrogens with zero attached hydrogens (tertiary/aromatic N) is 4. The third-order valence-corrected chi connectivity index (χ3v) is 8.23. The number of rotatable bonds is 6. The highest BCUT2D eigenvalue weighted by Gasteiger charge is 2.35. The van der Waals surface area contributed by atoms with E-state index in [0.717, 1.165) is 55.7 Å². The van der Waals surface area contributed by atoms with Crippen LogP contribution in [0.1, 0.15) is 46.6 Å². The Kier molecular flexibility index (Phi) is 4.75. The summed E-state index contributed by atoms with van der Waals surface area (Å²) in [4.78, 5) is 19.8. The van der Waals surface area contributed by atoms with E-state index in [2.05, 4.69) is 20.6 Å². The number of aryl methyl sites for hydroxylation is 2. The maximum absolute atomic E-state index is 5.50. The number of hydrogen-bond acceptors (Lipinski definition) is 8. The molecule has 2 aliphatic carbocycles. The molecule has 1 aliphatic heterocycles. The largest absolute Gasteiger partial charge is 0.379 e. The second kappa shape index (κ2) is 7.58. The molecule has 1 saturated carbocycles. The van der Waals surface area contributed by atoms with Gasteiger partial charge >= 0.3 is 0 Å². The number of thiazole rings is 1. The van der Waals surface area contributed by atoms with Crippen molar-refractivity contribution in [2.75, 3.05) is 31.6 Å². The molecule has 2 fully saturated rings. The molecule has 0 spiro atoms. The molecule has 4 heterocycles. The summed E-state index contributed by atoms with van der Waals surface area (Å²) < 4.78 is 5.50. The highest BCUT2D eigenvalue weighted by Crippen LogP contribution is 2.45. The molecule has 29 heavy (non-hydrogen) atoms. The fourth-order valence-corrected chi connectivity index (χ4v) is 6.58. The summed E-state index contributed by atoms with van der Waals surface area (Å²) in [6.45, 7) is 4.30. The van der Waals surface area contributed by atoms with Gasteiger partial charge in [0.25, 0.3) is 0 Å². The van der Waals surface area contributed by atoms with E-state index >= 15 is 0 Å². The number of aromatic nitrogens is 3. The van der Waals surface area contributed by atoms with Crippen LogP contribution >= 0.6 is 22.7 Å². The predicted octanol–water partition coefficient (Wildman–Crippen LogP) is 4.03. The first-order valence-corrected chi connectivity index (χ1v) is 12.3. The van der Waals surface area contributed by atoms with Crippen LogP contribution < -0.4 is 5.32 Å². The molecule has 3 aromatic heterocycles. The molecule has 152 valence electrons. The van der Waals surface area contributed by atoms with Crippen molar-refractivity contribution in [3.63, 3.8) is 0 Å². The molecule has 1 saturated heterocycles. The summed E-state index contributed by atoms with van der Waals surface area (Å²) in [5.74, 6) is 2.63. The molecule has 8 heteroatoms. The van der Waals surface area contributed by atoms with Gasteiger partial charge in [-0.15, -0.1) is 22.7 Å². The van der Waals surface area contributed by atoms with Crippen LogP contribution in [0.25, 0.3) is 10.2 Å². The SMILES string of the molecule is c1csc(C(Nc2nc(CN3CCOCC3)nc3sc4c(c23)CCC4)C2CC2)n1. The minimum Gasteiger partial charge on any atom is -0.379 e. The van der Waals surface area contributed by atoms with Gasteiger partial charge in [-0.3, -0.25) is 4.90 Å². The molecular formula is C21H25N5OS2. The Hall–Kier alpha value is -1.61. The minimum atomic E-state index is 0.265. The second-order valence-corrected chi connectivity index (χ2v) is 10.3. The topological polar surface area (TPSA) is 63.2 Å². The van der Waals surface area contributed by atoms with E-state index in [1.165, 1.54) is 46.5 Å². The fourth-order valence-electron chi connectivity index (χ4n) is 4.52. The van der Waals surface area contributed by atoms with Crippen molar-refractivity contribution in [1.29, 1.82) is 0 Å². The lowest BCUT2D eigenvalue weighted by molar-refractivity contribution is 0.0331. The van der Waals surface area contributed by atoms with Crippen LogP contribution in [0.15, 0.2) is 11.6 Å². The van der Waals surface area contributed by atoms with Crippen molar-refractivity contribution in [2.24, 2.45) is 5.92 Å². The Morgan fingerprint density at radius 2 is 2.10 bits per heavy atom. The smallest absolute Gasteiger partial charge is 0.146 e. The van der Waals surface area contributed by atoms with Crippen LogP contribution in [-0.4, -0.2) is 46.2 Å². The number of nitrogens with one attached hydrogen (secondary N) is 1. The molecule has 6 nitrogen and oxygen atoms in total. The Morgan fingerprint density at radius 1 is 1.21 bits per heavy atom. The van der Waals surface area contributed by atoms with Crippen LogP contribution in [-0.2, 0) is 24.1 Å². The highest BCUT2D eigenvalue weighted by molar-refractivity contribution is 7.19. The summed E-state index contributed by atoms with van der Waals surface area (Å²) in [6.07, 6.45) is 8.06. The van der Waals surface area contributed by atoms with Gasteiger partial charge in [-0.2, -0.15) is 0 Å². The number of fused-ring (bicyclic) bond motifs is 3. The van der Waals surface area contributed by atoms with Crippen LogP contribution in [0.5, 0.6) is 0 Å². The number of hydrogen-bond donors (Lipinski definition) is 1. The van der Waals surface area contributed by atoms with Gasteiger partial charge in [0, 0.05) is 29.5 Å². The van der Waals surface area contributed by atoms with E-state index in [4.69, 9.17) is 14.7 Å². The summed E-state index contributed by atoms with van der Waals surface area (Å²) >= 11 is 3.63. The predicted molar refractivity (Wildman–Crippen MR) is 117 cm³/mol. The lowest BCUT2D eigenvalue weighted by Crippen LogP contribution is -2.36. The summed E-state index contributed by atoms with van der Waals surface area (Å²) in [7, 11) is 0. The average molecular weight is 428 g/mol. The van der Waals surface area contributed by atoms with Gasteiger partial charge in [-0.1, -0.05) is 0 Å². The monoisotopic (exact) mass is 427 g/mol. The molecule has 1 unspecified atom stereocenters. The first-order valence-electron chi connectivity index (χ1n) is 10.6. The summed E-state index contributed by atoms with van der Waals surface area (Å²) in [6, 6.07) is 0.265. The number of anilines is 1. The van der Waals surface area contributed by atoms with Crippen molar-refractivity contribution in [2.45, 2.75) is 44.7 Å². The van der Waals surface area contributed by atoms with Gasteiger partial charge in [-0.05, 0) is 43.6 Å². The molecular weight excluding hydrogens is 402 g/mol. The number of morpholine rings is 1. The van der Waals surface area contributed by atoms with E-state index in [-0.39, 0.29) is 6.04 Å². The summed E-state index contributed by atoms with van der Waals surface area (Å²) in [5.41, 5.74) is 1.49.